The first-order chi connectivity index (χ1) is 14.4. The van der Waals surface area contributed by atoms with Crippen molar-refractivity contribution in [3.8, 4) is 5.75 Å². The monoisotopic (exact) mass is 441 g/mol. The van der Waals surface area contributed by atoms with Gasteiger partial charge in [-0.25, -0.2) is 4.98 Å². The molecule has 0 bridgehead atoms. The fourth-order valence-corrected chi connectivity index (χ4v) is 4.56. The first kappa shape index (κ1) is 20.4. The van der Waals surface area contributed by atoms with Gasteiger partial charge in [0.2, 0.25) is 5.91 Å². The zero-order valence-electron chi connectivity index (χ0n) is 16.5. The van der Waals surface area contributed by atoms with Crippen LogP contribution in [0.4, 0.5) is 10.8 Å². The first-order valence-electron chi connectivity index (χ1n) is 9.46. The Bertz CT molecular complexity index is 1110. The van der Waals surface area contributed by atoms with Crippen LogP contribution in [0, 0.1) is 6.92 Å². The Balaban J connectivity index is 1.45. The van der Waals surface area contributed by atoms with Gasteiger partial charge in [-0.2, -0.15) is 0 Å². The number of halogens is 1. The van der Waals surface area contributed by atoms with Crippen LogP contribution in [0.25, 0.3) is 0 Å². The molecule has 8 heteroatoms. The molecule has 1 atom stereocenters. The number of anilines is 2. The van der Waals surface area contributed by atoms with E-state index in [0.717, 1.165) is 22.6 Å². The van der Waals surface area contributed by atoms with E-state index >= 15 is 0 Å². The molecule has 3 aromatic rings. The zero-order valence-corrected chi connectivity index (χ0v) is 18.1. The quantitative estimate of drug-likeness (QED) is 0.581. The van der Waals surface area contributed by atoms with E-state index < -0.39 is 0 Å². The molecule has 1 aliphatic rings. The summed E-state index contributed by atoms with van der Waals surface area (Å²) < 4.78 is 5.11. The third-order valence-electron chi connectivity index (χ3n) is 5.05. The Morgan fingerprint density at radius 2 is 1.93 bits per heavy atom. The van der Waals surface area contributed by atoms with Crippen molar-refractivity contribution in [1.82, 2.24) is 4.98 Å². The van der Waals surface area contributed by atoms with Crippen LogP contribution >= 0.6 is 22.9 Å². The summed E-state index contributed by atoms with van der Waals surface area (Å²) in [7, 11) is 1.58. The number of amides is 2. The minimum atomic E-state index is -0.344. The summed E-state index contributed by atoms with van der Waals surface area (Å²) in [6, 6.07) is 12.3. The molecule has 1 heterocycles. The average molecular weight is 442 g/mol. The predicted octanol–water partition coefficient (Wildman–Crippen LogP) is 5.03. The molecule has 1 aromatic heterocycles. The third-order valence-corrected chi connectivity index (χ3v) is 6.50. The second-order valence-corrected chi connectivity index (χ2v) is 8.55. The molecule has 1 aliphatic carbocycles. The fraction of sp³-hybridized carbons (Fsp3) is 0.227. The van der Waals surface area contributed by atoms with Gasteiger partial charge in [-0.05, 0) is 61.7 Å². The van der Waals surface area contributed by atoms with Gasteiger partial charge in [-0.3, -0.25) is 14.9 Å². The molecular formula is C22H20ClN3O3S. The van der Waals surface area contributed by atoms with Gasteiger partial charge in [0, 0.05) is 21.2 Å². The smallest absolute Gasteiger partial charge is 0.257 e. The number of carbonyl (C=O) groups is 2. The van der Waals surface area contributed by atoms with E-state index in [9.17, 15) is 9.59 Å². The minimum absolute atomic E-state index is 0.119. The van der Waals surface area contributed by atoms with Gasteiger partial charge in [0.15, 0.2) is 5.13 Å². The molecule has 30 heavy (non-hydrogen) atoms. The van der Waals surface area contributed by atoms with Crippen LogP contribution in [-0.2, 0) is 11.2 Å². The van der Waals surface area contributed by atoms with Gasteiger partial charge >= 0.3 is 0 Å². The lowest BCUT2D eigenvalue weighted by Gasteiger charge is -2.11. The van der Waals surface area contributed by atoms with Gasteiger partial charge in [0.1, 0.15) is 5.75 Å². The van der Waals surface area contributed by atoms with Crippen molar-refractivity contribution in [3.05, 3.63) is 69.2 Å². The van der Waals surface area contributed by atoms with Crippen molar-refractivity contribution >= 4 is 45.6 Å². The normalized spacial score (nSPS) is 14.8. The lowest BCUT2D eigenvalue weighted by Crippen LogP contribution is -2.20. The van der Waals surface area contributed by atoms with Gasteiger partial charge in [0.25, 0.3) is 5.91 Å². The van der Waals surface area contributed by atoms with Gasteiger partial charge in [-0.15, -0.1) is 11.3 Å². The number of nitrogens with zero attached hydrogens (tertiary/aromatic N) is 1. The number of thiazole rings is 1. The molecule has 6 nitrogen and oxygen atoms in total. The molecular weight excluding hydrogens is 422 g/mol. The Morgan fingerprint density at radius 1 is 1.17 bits per heavy atom. The number of fused-ring (bicyclic) bond motifs is 1. The summed E-state index contributed by atoms with van der Waals surface area (Å²) in [6.07, 6.45) is 1.46. The van der Waals surface area contributed by atoms with E-state index in [1.807, 2.05) is 19.1 Å². The molecule has 0 radical (unpaired) electrons. The summed E-state index contributed by atoms with van der Waals surface area (Å²) >= 11 is 7.56. The molecule has 0 fully saturated rings. The highest BCUT2D eigenvalue weighted by Crippen LogP contribution is 2.39. The zero-order chi connectivity index (χ0) is 21.3. The second kappa shape index (κ2) is 8.45. The van der Waals surface area contributed by atoms with Crippen LogP contribution in [0.1, 0.15) is 38.8 Å². The molecule has 2 aromatic carbocycles. The van der Waals surface area contributed by atoms with Crippen LogP contribution in [0.3, 0.4) is 0 Å². The number of nitrogens with one attached hydrogen (secondary N) is 2. The van der Waals surface area contributed by atoms with Crippen LogP contribution in [0.15, 0.2) is 42.5 Å². The Morgan fingerprint density at radius 3 is 2.63 bits per heavy atom. The Hall–Kier alpha value is -2.90. The van der Waals surface area contributed by atoms with E-state index in [0.29, 0.717) is 33.6 Å². The molecule has 0 aliphatic heterocycles. The molecule has 0 saturated heterocycles. The largest absolute Gasteiger partial charge is 0.497 e. The van der Waals surface area contributed by atoms with Crippen LogP contribution in [0.2, 0.25) is 5.02 Å². The van der Waals surface area contributed by atoms with Crippen molar-refractivity contribution in [2.45, 2.75) is 25.7 Å². The molecule has 1 unspecified atom stereocenters. The molecule has 2 N–H and O–H groups in total. The Kier molecular flexibility index (Phi) is 5.74. The van der Waals surface area contributed by atoms with Crippen LogP contribution < -0.4 is 15.4 Å². The van der Waals surface area contributed by atoms with Crippen molar-refractivity contribution in [2.75, 3.05) is 17.7 Å². The highest BCUT2D eigenvalue weighted by Gasteiger charge is 2.33. The van der Waals surface area contributed by atoms with Crippen LogP contribution in [0.5, 0.6) is 5.75 Å². The average Bonchev–Trinajstić information content (AvgIpc) is 3.31. The highest BCUT2D eigenvalue weighted by molar-refractivity contribution is 7.16. The van der Waals surface area contributed by atoms with E-state index in [1.54, 1.807) is 37.4 Å². The lowest BCUT2D eigenvalue weighted by atomic mass is 10.1. The molecule has 2 amide bonds. The highest BCUT2D eigenvalue weighted by atomic mass is 35.5. The number of hydrogen-bond donors (Lipinski definition) is 2. The number of carbonyl (C=O) groups excluding carboxylic acids is 2. The topological polar surface area (TPSA) is 80.3 Å². The van der Waals surface area contributed by atoms with E-state index in [4.69, 9.17) is 16.3 Å². The second-order valence-electron chi connectivity index (χ2n) is 7.05. The minimum Gasteiger partial charge on any atom is -0.497 e. The number of hydrogen-bond acceptors (Lipinski definition) is 5. The fourth-order valence-electron chi connectivity index (χ4n) is 3.35. The number of aromatic nitrogens is 1. The number of ether oxygens (including phenoxy) is 1. The summed E-state index contributed by atoms with van der Waals surface area (Å²) in [5.41, 5.74) is 2.86. The van der Waals surface area contributed by atoms with Crippen LogP contribution in [-0.4, -0.2) is 23.9 Å². The standard InChI is InChI=1S/C22H20ClN3O3S/c1-12-3-6-14(11-17(12)23)24-21(28)16-9-10-18-19(16)25-22(30-18)26-20(27)13-4-7-15(29-2)8-5-13/h3-8,11,16H,9-10H2,1-2H3,(H,24,28)(H,25,26,27). The summed E-state index contributed by atoms with van der Waals surface area (Å²) in [5.74, 6) is -0.0289. The van der Waals surface area contributed by atoms with E-state index in [-0.39, 0.29) is 17.7 Å². The lowest BCUT2D eigenvalue weighted by molar-refractivity contribution is -0.117. The maximum absolute atomic E-state index is 12.8. The summed E-state index contributed by atoms with van der Waals surface area (Å²) in [5, 5.41) is 6.85. The first-order valence-corrected chi connectivity index (χ1v) is 10.7. The SMILES string of the molecule is COc1ccc(C(=O)Nc2nc3c(s2)CCC3C(=O)Nc2ccc(C)c(Cl)c2)cc1. The van der Waals surface area contributed by atoms with Crippen molar-refractivity contribution in [2.24, 2.45) is 0 Å². The number of benzene rings is 2. The molecule has 4 rings (SSSR count). The summed E-state index contributed by atoms with van der Waals surface area (Å²) in [4.78, 5) is 30.8. The molecule has 0 saturated carbocycles. The van der Waals surface area contributed by atoms with E-state index in [2.05, 4.69) is 15.6 Å². The number of rotatable bonds is 5. The van der Waals surface area contributed by atoms with Gasteiger partial charge < -0.3 is 10.1 Å². The number of aryl methyl sites for hydroxylation is 2. The maximum atomic E-state index is 12.8. The third kappa shape index (κ3) is 4.17. The molecule has 154 valence electrons. The van der Waals surface area contributed by atoms with Gasteiger partial charge in [-0.1, -0.05) is 17.7 Å². The van der Waals surface area contributed by atoms with Crippen molar-refractivity contribution in [3.63, 3.8) is 0 Å². The van der Waals surface area contributed by atoms with Crippen molar-refractivity contribution in [1.29, 1.82) is 0 Å². The Labute approximate surface area is 183 Å². The predicted molar refractivity (Wildman–Crippen MR) is 119 cm³/mol. The number of methoxy groups -OCH3 is 1. The van der Waals surface area contributed by atoms with Crippen molar-refractivity contribution < 1.29 is 14.3 Å². The van der Waals surface area contributed by atoms with E-state index in [1.165, 1.54) is 11.3 Å². The summed E-state index contributed by atoms with van der Waals surface area (Å²) in [6.45, 7) is 1.91. The van der Waals surface area contributed by atoms with Gasteiger partial charge in [0.05, 0.1) is 18.7 Å². The molecule has 0 spiro atoms. The maximum Gasteiger partial charge on any atom is 0.257 e.